The van der Waals surface area contributed by atoms with Crippen LogP contribution in [0.3, 0.4) is 0 Å². The molecule has 1 aliphatic rings. The van der Waals surface area contributed by atoms with E-state index in [9.17, 15) is 4.79 Å². The molecule has 132 valence electrons. The van der Waals surface area contributed by atoms with Gasteiger partial charge in [-0.15, -0.1) is 5.10 Å². The zero-order valence-corrected chi connectivity index (χ0v) is 14.5. The van der Waals surface area contributed by atoms with E-state index in [0.717, 1.165) is 41.2 Å². The number of nitrogens with one attached hydrogen (secondary N) is 2. The van der Waals surface area contributed by atoms with Crippen LogP contribution in [0, 0.1) is 6.92 Å². The van der Waals surface area contributed by atoms with Gasteiger partial charge in [0.1, 0.15) is 0 Å². The second kappa shape index (κ2) is 6.95. The number of carbonyl (C=O) groups is 1. The second-order valence-electron chi connectivity index (χ2n) is 6.52. The number of aryl methyl sites for hydroxylation is 1. The molecule has 2 N–H and O–H groups in total. The molecule has 1 amide bonds. The first-order valence-electron chi connectivity index (χ1n) is 8.68. The molecule has 4 rings (SSSR count). The van der Waals surface area contributed by atoms with Gasteiger partial charge < -0.3 is 10.6 Å². The Balaban J connectivity index is 1.34. The van der Waals surface area contributed by atoms with Crippen molar-refractivity contribution in [3.05, 3.63) is 54.1 Å². The average molecular weight is 348 g/mol. The number of nitrogens with zero attached hydrogens (tertiary/aromatic N) is 4. The van der Waals surface area contributed by atoms with E-state index >= 15 is 0 Å². The monoisotopic (exact) mass is 348 g/mol. The third-order valence-corrected chi connectivity index (χ3v) is 4.32. The molecular weight excluding hydrogens is 328 g/mol. The zero-order valence-electron chi connectivity index (χ0n) is 14.5. The summed E-state index contributed by atoms with van der Waals surface area (Å²) in [7, 11) is 0. The maximum Gasteiger partial charge on any atom is 0.243 e. The standard InChI is InChI=1S/C19H20N6O/c1-13-2-6-16(7-3-13)21-18(26)12-20-15-8-4-14(5-9-15)19-22-23-24-25(19)17-10-11-17/h2-9,17,20H,10-12H2,1H3,(H,21,26). The van der Waals surface area contributed by atoms with Gasteiger partial charge in [0.05, 0.1) is 12.6 Å². The van der Waals surface area contributed by atoms with Gasteiger partial charge in [-0.25, -0.2) is 4.68 Å². The Kier molecular flexibility index (Phi) is 4.35. The van der Waals surface area contributed by atoms with Crippen molar-refractivity contribution in [2.45, 2.75) is 25.8 Å². The molecule has 0 bridgehead atoms. The van der Waals surface area contributed by atoms with Crippen molar-refractivity contribution in [3.63, 3.8) is 0 Å². The number of hydrogen-bond donors (Lipinski definition) is 2. The Morgan fingerprint density at radius 3 is 2.46 bits per heavy atom. The first-order valence-corrected chi connectivity index (χ1v) is 8.68. The van der Waals surface area contributed by atoms with Crippen LogP contribution in [-0.4, -0.2) is 32.7 Å². The fraction of sp³-hybridized carbons (Fsp3) is 0.263. The van der Waals surface area contributed by atoms with Crippen molar-refractivity contribution in [2.75, 3.05) is 17.2 Å². The first-order chi connectivity index (χ1) is 12.7. The summed E-state index contributed by atoms with van der Waals surface area (Å²) in [5.41, 5.74) is 3.80. The quantitative estimate of drug-likeness (QED) is 0.715. The van der Waals surface area contributed by atoms with Crippen LogP contribution in [0.1, 0.15) is 24.4 Å². The molecular formula is C19H20N6O. The molecule has 0 spiro atoms. The molecule has 26 heavy (non-hydrogen) atoms. The maximum atomic E-state index is 12.0. The predicted molar refractivity (Wildman–Crippen MR) is 99.8 cm³/mol. The topological polar surface area (TPSA) is 84.7 Å². The lowest BCUT2D eigenvalue weighted by atomic mass is 10.2. The van der Waals surface area contributed by atoms with Gasteiger partial charge >= 0.3 is 0 Å². The van der Waals surface area contributed by atoms with E-state index in [2.05, 4.69) is 26.2 Å². The van der Waals surface area contributed by atoms with Gasteiger partial charge in [-0.1, -0.05) is 17.7 Å². The van der Waals surface area contributed by atoms with Crippen molar-refractivity contribution < 1.29 is 4.79 Å². The summed E-state index contributed by atoms with van der Waals surface area (Å²) in [6, 6.07) is 16.0. The molecule has 2 aromatic carbocycles. The largest absolute Gasteiger partial charge is 0.376 e. The lowest BCUT2D eigenvalue weighted by molar-refractivity contribution is -0.114. The minimum absolute atomic E-state index is 0.0874. The second-order valence-corrected chi connectivity index (χ2v) is 6.52. The fourth-order valence-corrected chi connectivity index (χ4v) is 2.71. The fourth-order valence-electron chi connectivity index (χ4n) is 2.71. The van der Waals surface area contributed by atoms with Gasteiger partial charge in [0.2, 0.25) is 5.91 Å². The number of benzene rings is 2. The van der Waals surface area contributed by atoms with Crippen LogP contribution in [0.2, 0.25) is 0 Å². The maximum absolute atomic E-state index is 12.0. The number of amides is 1. The van der Waals surface area contributed by atoms with E-state index in [0.29, 0.717) is 6.04 Å². The van der Waals surface area contributed by atoms with Crippen LogP contribution < -0.4 is 10.6 Å². The third kappa shape index (κ3) is 3.72. The van der Waals surface area contributed by atoms with E-state index in [-0.39, 0.29) is 12.5 Å². The Labute approximate surface area is 151 Å². The van der Waals surface area contributed by atoms with Crippen molar-refractivity contribution in [1.29, 1.82) is 0 Å². The molecule has 0 atom stereocenters. The molecule has 7 nitrogen and oxygen atoms in total. The van der Waals surface area contributed by atoms with E-state index in [1.807, 2.05) is 60.1 Å². The normalized spacial score (nSPS) is 13.4. The summed E-state index contributed by atoms with van der Waals surface area (Å²) in [6.07, 6.45) is 2.27. The highest BCUT2D eigenvalue weighted by molar-refractivity contribution is 5.93. The summed E-state index contributed by atoms with van der Waals surface area (Å²) in [5.74, 6) is 0.701. The molecule has 1 fully saturated rings. The van der Waals surface area contributed by atoms with Crippen LogP contribution in [0.25, 0.3) is 11.4 Å². The highest BCUT2D eigenvalue weighted by atomic mass is 16.1. The van der Waals surface area contributed by atoms with E-state index in [4.69, 9.17) is 0 Å². The Morgan fingerprint density at radius 1 is 1.08 bits per heavy atom. The highest BCUT2D eigenvalue weighted by Crippen LogP contribution is 2.36. The number of hydrogen-bond acceptors (Lipinski definition) is 5. The van der Waals surface area contributed by atoms with Crippen molar-refractivity contribution in [1.82, 2.24) is 20.2 Å². The number of rotatable bonds is 6. The molecule has 1 saturated carbocycles. The summed E-state index contributed by atoms with van der Waals surface area (Å²) in [5, 5.41) is 18.0. The van der Waals surface area contributed by atoms with Crippen LogP contribution in [-0.2, 0) is 4.79 Å². The number of anilines is 2. The molecule has 7 heteroatoms. The lowest BCUT2D eigenvalue weighted by Crippen LogP contribution is -2.21. The molecule has 1 aromatic heterocycles. The summed E-state index contributed by atoms with van der Waals surface area (Å²) in [6.45, 7) is 2.22. The van der Waals surface area contributed by atoms with Gasteiger partial charge in [-0.2, -0.15) is 0 Å². The lowest BCUT2D eigenvalue weighted by Gasteiger charge is -2.09. The van der Waals surface area contributed by atoms with Gasteiger partial charge in [-0.3, -0.25) is 4.79 Å². The SMILES string of the molecule is Cc1ccc(NC(=O)CNc2ccc(-c3nnnn3C3CC3)cc2)cc1. The van der Waals surface area contributed by atoms with Crippen LogP contribution >= 0.6 is 0 Å². The molecule has 0 saturated heterocycles. The number of carbonyl (C=O) groups excluding carboxylic acids is 1. The van der Waals surface area contributed by atoms with Crippen LogP contribution in [0.15, 0.2) is 48.5 Å². The van der Waals surface area contributed by atoms with Crippen molar-refractivity contribution in [2.24, 2.45) is 0 Å². The van der Waals surface area contributed by atoms with Crippen LogP contribution in [0.4, 0.5) is 11.4 Å². The molecule has 0 aliphatic heterocycles. The molecule has 0 unspecified atom stereocenters. The zero-order chi connectivity index (χ0) is 17.9. The van der Waals surface area contributed by atoms with E-state index < -0.39 is 0 Å². The van der Waals surface area contributed by atoms with E-state index in [1.54, 1.807) is 0 Å². The van der Waals surface area contributed by atoms with Gasteiger partial charge in [0.25, 0.3) is 0 Å². The smallest absolute Gasteiger partial charge is 0.243 e. The summed E-state index contributed by atoms with van der Waals surface area (Å²) >= 11 is 0. The minimum Gasteiger partial charge on any atom is -0.376 e. The van der Waals surface area contributed by atoms with E-state index in [1.165, 1.54) is 0 Å². The first kappa shape index (κ1) is 16.3. The Hall–Kier alpha value is -3.22. The average Bonchev–Trinajstić information content (AvgIpc) is 3.39. The van der Waals surface area contributed by atoms with Gasteiger partial charge in [0.15, 0.2) is 5.82 Å². The third-order valence-electron chi connectivity index (χ3n) is 4.32. The summed E-state index contributed by atoms with van der Waals surface area (Å²) in [4.78, 5) is 12.0. The van der Waals surface area contributed by atoms with Crippen LogP contribution in [0.5, 0.6) is 0 Å². The molecule has 1 heterocycles. The van der Waals surface area contributed by atoms with Gasteiger partial charge in [-0.05, 0) is 66.6 Å². The molecule has 3 aromatic rings. The van der Waals surface area contributed by atoms with Gasteiger partial charge in [0, 0.05) is 16.9 Å². The summed E-state index contributed by atoms with van der Waals surface area (Å²) < 4.78 is 1.89. The van der Waals surface area contributed by atoms with Crippen molar-refractivity contribution >= 4 is 17.3 Å². The highest BCUT2D eigenvalue weighted by Gasteiger charge is 2.28. The molecule has 1 aliphatic carbocycles. The minimum atomic E-state index is -0.0874. The van der Waals surface area contributed by atoms with Crippen molar-refractivity contribution in [3.8, 4) is 11.4 Å². The molecule has 0 radical (unpaired) electrons. The number of tetrazole rings is 1. The Bertz CT molecular complexity index is 897. The predicted octanol–water partition coefficient (Wildman–Crippen LogP) is 3.03. The Morgan fingerprint density at radius 2 is 1.77 bits per heavy atom. The number of aromatic nitrogens is 4.